The third kappa shape index (κ3) is 4.26. The molecule has 0 radical (unpaired) electrons. The van der Waals surface area contributed by atoms with Crippen LogP contribution in [0, 0.1) is 11.8 Å². The second-order valence-corrected chi connectivity index (χ2v) is 6.38. The van der Waals surface area contributed by atoms with Gasteiger partial charge in [-0.3, -0.25) is 4.90 Å². The smallest absolute Gasteiger partial charge is 0.0110 e. The van der Waals surface area contributed by atoms with E-state index in [0.29, 0.717) is 0 Å². The van der Waals surface area contributed by atoms with Crippen molar-refractivity contribution in [2.45, 2.75) is 58.4 Å². The van der Waals surface area contributed by atoms with Crippen molar-refractivity contribution in [1.82, 2.24) is 10.2 Å². The largest absolute Gasteiger partial charge is 0.315 e. The molecule has 0 bridgehead atoms. The number of hydrogen-bond donors (Lipinski definition) is 1. The topological polar surface area (TPSA) is 15.3 Å². The van der Waals surface area contributed by atoms with Gasteiger partial charge in [-0.2, -0.15) is 0 Å². The van der Waals surface area contributed by atoms with Crippen LogP contribution in [0.15, 0.2) is 0 Å². The van der Waals surface area contributed by atoms with Crippen LogP contribution in [0.2, 0.25) is 0 Å². The monoisotopic (exact) mass is 238 g/mol. The highest BCUT2D eigenvalue weighted by Crippen LogP contribution is 2.23. The first-order chi connectivity index (χ1) is 8.25. The van der Waals surface area contributed by atoms with Crippen LogP contribution < -0.4 is 5.32 Å². The molecular formula is C15H30N2. The fourth-order valence-electron chi connectivity index (χ4n) is 3.43. The van der Waals surface area contributed by atoms with E-state index in [2.05, 4.69) is 24.1 Å². The molecule has 2 nitrogen and oxygen atoms in total. The molecule has 0 spiro atoms. The Labute approximate surface area is 107 Å². The number of rotatable bonds is 5. The second-order valence-electron chi connectivity index (χ2n) is 6.38. The number of nitrogens with zero attached hydrogens (tertiary/aromatic N) is 1. The van der Waals surface area contributed by atoms with E-state index < -0.39 is 0 Å². The number of nitrogens with one attached hydrogen (secondary N) is 1. The second kappa shape index (κ2) is 6.75. The Bertz CT molecular complexity index is 211. The first-order valence-electron chi connectivity index (χ1n) is 7.70. The summed E-state index contributed by atoms with van der Waals surface area (Å²) in [5.41, 5.74) is 0. The van der Waals surface area contributed by atoms with E-state index in [1.165, 1.54) is 64.7 Å². The van der Waals surface area contributed by atoms with Gasteiger partial charge >= 0.3 is 0 Å². The molecule has 2 fully saturated rings. The van der Waals surface area contributed by atoms with E-state index in [1.807, 2.05) is 0 Å². The summed E-state index contributed by atoms with van der Waals surface area (Å²) in [5.74, 6) is 1.88. The molecule has 1 N–H and O–H groups in total. The predicted octanol–water partition coefficient (Wildman–Crippen LogP) is 2.89. The predicted molar refractivity (Wildman–Crippen MR) is 74.3 cm³/mol. The zero-order valence-electron chi connectivity index (χ0n) is 11.8. The van der Waals surface area contributed by atoms with Crippen molar-refractivity contribution in [3.8, 4) is 0 Å². The third-order valence-electron chi connectivity index (χ3n) is 4.73. The minimum Gasteiger partial charge on any atom is -0.315 e. The average molecular weight is 238 g/mol. The van der Waals surface area contributed by atoms with Crippen molar-refractivity contribution in [3.63, 3.8) is 0 Å². The van der Waals surface area contributed by atoms with Gasteiger partial charge < -0.3 is 5.32 Å². The molecule has 100 valence electrons. The van der Waals surface area contributed by atoms with Crippen molar-refractivity contribution >= 4 is 0 Å². The van der Waals surface area contributed by atoms with E-state index in [1.54, 1.807) is 0 Å². The number of hydrogen-bond acceptors (Lipinski definition) is 2. The summed E-state index contributed by atoms with van der Waals surface area (Å²) in [6.45, 7) is 9.80. The Hall–Kier alpha value is -0.0800. The first-order valence-corrected chi connectivity index (χ1v) is 7.70. The van der Waals surface area contributed by atoms with Crippen LogP contribution in [-0.2, 0) is 0 Å². The molecule has 0 amide bonds. The Morgan fingerprint density at radius 2 is 1.82 bits per heavy atom. The lowest BCUT2D eigenvalue weighted by atomic mass is 9.95. The molecule has 1 aliphatic heterocycles. The van der Waals surface area contributed by atoms with Gasteiger partial charge in [0.25, 0.3) is 0 Å². The zero-order valence-corrected chi connectivity index (χ0v) is 11.8. The van der Waals surface area contributed by atoms with Crippen LogP contribution in [0.1, 0.15) is 52.4 Å². The van der Waals surface area contributed by atoms with Gasteiger partial charge in [0.15, 0.2) is 0 Å². The van der Waals surface area contributed by atoms with Gasteiger partial charge in [-0.05, 0) is 51.0 Å². The molecule has 2 aliphatic rings. The highest BCUT2D eigenvalue weighted by atomic mass is 15.2. The Morgan fingerprint density at radius 1 is 1.06 bits per heavy atom. The Kier molecular flexibility index (Phi) is 5.30. The molecular weight excluding hydrogens is 208 g/mol. The summed E-state index contributed by atoms with van der Waals surface area (Å²) in [4.78, 5) is 2.68. The molecule has 0 aromatic heterocycles. The third-order valence-corrected chi connectivity index (χ3v) is 4.73. The summed E-state index contributed by atoms with van der Waals surface area (Å²) in [7, 11) is 0. The fraction of sp³-hybridized carbons (Fsp3) is 1.00. The lowest BCUT2D eigenvalue weighted by Crippen LogP contribution is -2.44. The first kappa shape index (κ1) is 13.4. The summed E-state index contributed by atoms with van der Waals surface area (Å²) in [5, 5.41) is 3.67. The highest BCUT2D eigenvalue weighted by molar-refractivity contribution is 4.77. The summed E-state index contributed by atoms with van der Waals surface area (Å²) >= 11 is 0. The summed E-state index contributed by atoms with van der Waals surface area (Å²) in [6.07, 6.45) is 8.67. The van der Waals surface area contributed by atoms with E-state index in [0.717, 1.165) is 17.9 Å². The molecule has 2 heteroatoms. The van der Waals surface area contributed by atoms with E-state index >= 15 is 0 Å². The van der Waals surface area contributed by atoms with Crippen LogP contribution in [0.25, 0.3) is 0 Å². The molecule has 1 saturated carbocycles. The normalized spacial score (nSPS) is 32.1. The van der Waals surface area contributed by atoms with Crippen molar-refractivity contribution < 1.29 is 0 Å². The maximum Gasteiger partial charge on any atom is 0.0110 e. The quantitative estimate of drug-likeness (QED) is 0.741. The van der Waals surface area contributed by atoms with E-state index in [9.17, 15) is 0 Å². The average Bonchev–Trinajstić information content (AvgIpc) is 2.82. The van der Waals surface area contributed by atoms with Crippen molar-refractivity contribution in [2.24, 2.45) is 11.8 Å². The summed E-state index contributed by atoms with van der Waals surface area (Å²) in [6, 6.07) is 0.805. The van der Waals surface area contributed by atoms with Gasteiger partial charge in [-0.15, -0.1) is 0 Å². The van der Waals surface area contributed by atoms with E-state index in [-0.39, 0.29) is 0 Å². The molecule has 1 aliphatic carbocycles. The molecule has 1 saturated heterocycles. The molecule has 0 aromatic rings. The number of piperidine rings is 1. The Balaban J connectivity index is 1.57. The fourth-order valence-corrected chi connectivity index (χ4v) is 3.43. The van der Waals surface area contributed by atoms with Gasteiger partial charge in [-0.1, -0.05) is 19.8 Å². The molecule has 1 heterocycles. The van der Waals surface area contributed by atoms with Gasteiger partial charge in [0.2, 0.25) is 0 Å². The van der Waals surface area contributed by atoms with Crippen LogP contribution in [0.4, 0.5) is 0 Å². The SMILES string of the molecule is CC1CCC(C)N(CCNCC2CCCC2)C1. The van der Waals surface area contributed by atoms with Gasteiger partial charge in [0.1, 0.15) is 0 Å². The van der Waals surface area contributed by atoms with Gasteiger partial charge in [-0.25, -0.2) is 0 Å². The van der Waals surface area contributed by atoms with E-state index in [4.69, 9.17) is 0 Å². The molecule has 17 heavy (non-hydrogen) atoms. The van der Waals surface area contributed by atoms with Gasteiger partial charge in [0.05, 0.1) is 0 Å². The van der Waals surface area contributed by atoms with Crippen molar-refractivity contribution in [1.29, 1.82) is 0 Å². The van der Waals surface area contributed by atoms with Crippen LogP contribution >= 0.6 is 0 Å². The maximum absolute atomic E-state index is 3.67. The lowest BCUT2D eigenvalue weighted by Gasteiger charge is -2.36. The van der Waals surface area contributed by atoms with Gasteiger partial charge in [0, 0.05) is 25.7 Å². The molecule has 0 aromatic carbocycles. The maximum atomic E-state index is 3.67. The minimum atomic E-state index is 0.805. The standard InChI is InChI=1S/C15H30N2/c1-13-7-8-14(2)17(12-13)10-9-16-11-15-5-3-4-6-15/h13-16H,3-12H2,1-2H3. The number of likely N-dealkylation sites (tertiary alicyclic amines) is 1. The molecule has 2 atom stereocenters. The van der Waals surface area contributed by atoms with Crippen LogP contribution in [0.3, 0.4) is 0 Å². The zero-order chi connectivity index (χ0) is 12.1. The highest BCUT2D eigenvalue weighted by Gasteiger charge is 2.22. The lowest BCUT2D eigenvalue weighted by molar-refractivity contribution is 0.125. The van der Waals surface area contributed by atoms with Crippen molar-refractivity contribution in [3.05, 3.63) is 0 Å². The molecule has 2 rings (SSSR count). The minimum absolute atomic E-state index is 0.805. The van der Waals surface area contributed by atoms with Crippen molar-refractivity contribution in [2.75, 3.05) is 26.2 Å². The molecule has 2 unspecified atom stereocenters. The van der Waals surface area contributed by atoms with Crippen LogP contribution in [0.5, 0.6) is 0 Å². The Morgan fingerprint density at radius 3 is 2.59 bits per heavy atom. The van der Waals surface area contributed by atoms with Crippen LogP contribution in [-0.4, -0.2) is 37.1 Å². The summed E-state index contributed by atoms with van der Waals surface area (Å²) < 4.78 is 0.